The molecule has 2 saturated heterocycles. The number of amides is 1. The van der Waals surface area contributed by atoms with Crippen LogP contribution in [0.15, 0.2) is 47.5 Å². The average Bonchev–Trinajstić information content (AvgIpc) is 3.10. The number of carbonyl (C=O) groups excluding carboxylic acids is 1. The van der Waals surface area contributed by atoms with E-state index in [9.17, 15) is 9.18 Å². The minimum atomic E-state index is -0.491. The Morgan fingerprint density at radius 3 is 2.66 bits per heavy atom. The lowest BCUT2D eigenvalue weighted by Crippen LogP contribution is -2.36. The number of ether oxygens (including phenoxy) is 2. The van der Waals surface area contributed by atoms with Crippen molar-refractivity contribution in [3.8, 4) is 0 Å². The highest BCUT2D eigenvalue weighted by Crippen LogP contribution is 2.28. The van der Waals surface area contributed by atoms with Crippen molar-refractivity contribution in [3.63, 3.8) is 0 Å². The van der Waals surface area contributed by atoms with Crippen LogP contribution in [0.1, 0.15) is 5.56 Å². The maximum Gasteiger partial charge on any atom is 0.414 e. The zero-order valence-electron chi connectivity index (χ0n) is 15.8. The first-order valence-corrected chi connectivity index (χ1v) is 9.84. The molecule has 0 aromatic heterocycles. The molecule has 0 bridgehead atoms. The number of carbonyl (C=O) groups is 1. The Hall–Kier alpha value is -2.64. The van der Waals surface area contributed by atoms with E-state index < -0.39 is 6.09 Å². The third-order valence-electron chi connectivity index (χ3n) is 4.89. The second kappa shape index (κ2) is 8.80. The van der Waals surface area contributed by atoms with E-state index in [1.807, 2.05) is 17.0 Å². The van der Waals surface area contributed by atoms with E-state index in [4.69, 9.17) is 21.1 Å². The van der Waals surface area contributed by atoms with Crippen molar-refractivity contribution >= 4 is 35.3 Å². The smallest absolute Gasteiger partial charge is 0.414 e. The summed E-state index contributed by atoms with van der Waals surface area (Å²) in [4.78, 5) is 20.0. The third-order valence-corrected chi connectivity index (χ3v) is 5.14. The van der Waals surface area contributed by atoms with Crippen LogP contribution < -0.4 is 9.80 Å². The summed E-state index contributed by atoms with van der Waals surface area (Å²) >= 11 is 5.86. The fourth-order valence-corrected chi connectivity index (χ4v) is 3.50. The molecule has 2 fully saturated rings. The minimum absolute atomic E-state index is 0.327. The molecule has 6 nitrogen and oxygen atoms in total. The van der Waals surface area contributed by atoms with E-state index >= 15 is 0 Å². The van der Waals surface area contributed by atoms with Crippen LogP contribution in [0.2, 0.25) is 5.02 Å². The van der Waals surface area contributed by atoms with Gasteiger partial charge in [-0.2, -0.15) is 0 Å². The van der Waals surface area contributed by atoms with Gasteiger partial charge >= 0.3 is 6.09 Å². The minimum Gasteiger partial charge on any atom is -0.442 e. The summed E-state index contributed by atoms with van der Waals surface area (Å²) in [5.41, 5.74) is 1.92. The average molecular weight is 418 g/mol. The maximum atomic E-state index is 14.6. The van der Waals surface area contributed by atoms with E-state index in [1.54, 1.807) is 30.5 Å². The molecule has 2 aromatic rings. The molecular weight excluding hydrogens is 397 g/mol. The van der Waals surface area contributed by atoms with Crippen molar-refractivity contribution in [2.45, 2.75) is 6.10 Å². The van der Waals surface area contributed by atoms with Crippen LogP contribution >= 0.6 is 11.6 Å². The van der Waals surface area contributed by atoms with Gasteiger partial charge in [0.25, 0.3) is 0 Å². The van der Waals surface area contributed by atoms with E-state index in [0.29, 0.717) is 55.8 Å². The molecule has 1 atom stereocenters. The van der Waals surface area contributed by atoms with Crippen molar-refractivity contribution in [1.82, 2.24) is 0 Å². The fraction of sp³-hybridized carbons (Fsp3) is 0.333. The van der Waals surface area contributed by atoms with Gasteiger partial charge in [0.2, 0.25) is 0 Å². The molecule has 1 amide bonds. The summed E-state index contributed by atoms with van der Waals surface area (Å²) in [5, 5.41) is 0.661. The third kappa shape index (κ3) is 4.68. The number of morpholine rings is 1. The Morgan fingerprint density at radius 1 is 1.17 bits per heavy atom. The molecule has 2 aliphatic heterocycles. The fourth-order valence-electron chi connectivity index (χ4n) is 3.38. The first kappa shape index (κ1) is 19.7. The molecule has 4 rings (SSSR count). The van der Waals surface area contributed by atoms with Crippen molar-refractivity contribution in [2.75, 3.05) is 49.2 Å². The molecule has 2 heterocycles. The summed E-state index contributed by atoms with van der Waals surface area (Å²) < 4.78 is 25.3. The predicted molar refractivity (Wildman–Crippen MR) is 111 cm³/mol. The lowest BCUT2D eigenvalue weighted by molar-refractivity contribution is 0.122. The van der Waals surface area contributed by atoms with E-state index in [1.165, 1.54) is 11.0 Å². The van der Waals surface area contributed by atoms with E-state index in [0.717, 1.165) is 5.56 Å². The van der Waals surface area contributed by atoms with Gasteiger partial charge in [-0.05, 0) is 35.9 Å². The number of cyclic esters (lactones) is 1. The van der Waals surface area contributed by atoms with Crippen LogP contribution in [0.25, 0.3) is 0 Å². The summed E-state index contributed by atoms with van der Waals surface area (Å²) in [6.45, 7) is 3.12. The molecule has 0 spiro atoms. The lowest BCUT2D eigenvalue weighted by Gasteiger charge is -2.29. The van der Waals surface area contributed by atoms with Crippen molar-refractivity contribution in [1.29, 1.82) is 0 Å². The highest BCUT2D eigenvalue weighted by molar-refractivity contribution is 6.30. The zero-order chi connectivity index (χ0) is 20.2. The summed E-state index contributed by atoms with van der Waals surface area (Å²) in [6.07, 6.45) is 0.840. The Morgan fingerprint density at radius 2 is 1.93 bits per heavy atom. The molecule has 152 valence electrons. The molecule has 0 N–H and O–H groups in total. The number of nitrogens with zero attached hydrogens (tertiary/aromatic N) is 3. The normalized spacial score (nSPS) is 19.8. The lowest BCUT2D eigenvalue weighted by atomic mass is 10.2. The Labute approximate surface area is 173 Å². The monoisotopic (exact) mass is 417 g/mol. The molecule has 1 unspecified atom stereocenters. The first-order valence-electron chi connectivity index (χ1n) is 9.46. The number of anilines is 2. The molecule has 0 saturated carbocycles. The van der Waals surface area contributed by atoms with Gasteiger partial charge in [0, 0.05) is 24.3 Å². The largest absolute Gasteiger partial charge is 0.442 e. The van der Waals surface area contributed by atoms with Gasteiger partial charge in [-0.25, -0.2) is 9.18 Å². The highest BCUT2D eigenvalue weighted by Gasteiger charge is 2.32. The Balaban J connectivity index is 1.38. The molecule has 2 aromatic carbocycles. The maximum absolute atomic E-state index is 14.6. The SMILES string of the molecule is O=C1OC(CN=Cc2ccc(Cl)cc2)CN1c1ccc(N2CCOCC2)c(F)c1. The van der Waals surface area contributed by atoms with Crippen LogP contribution in [-0.2, 0) is 9.47 Å². The summed E-state index contributed by atoms with van der Waals surface area (Å²) in [7, 11) is 0. The van der Waals surface area contributed by atoms with Gasteiger partial charge in [0.05, 0.1) is 37.7 Å². The first-order chi connectivity index (χ1) is 14.1. The zero-order valence-corrected chi connectivity index (χ0v) is 16.5. The number of aliphatic imine (C=N–C) groups is 1. The Bertz CT molecular complexity index is 901. The van der Waals surface area contributed by atoms with Gasteiger partial charge in [-0.3, -0.25) is 9.89 Å². The van der Waals surface area contributed by atoms with E-state index in [-0.39, 0.29) is 11.9 Å². The summed E-state index contributed by atoms with van der Waals surface area (Å²) in [5.74, 6) is -0.360. The predicted octanol–water partition coefficient (Wildman–Crippen LogP) is 3.76. The molecule has 0 aliphatic carbocycles. The van der Waals surface area contributed by atoms with Crippen molar-refractivity contribution < 1.29 is 18.7 Å². The second-order valence-corrected chi connectivity index (χ2v) is 7.33. The van der Waals surface area contributed by atoms with Crippen LogP contribution in [0.5, 0.6) is 0 Å². The topological polar surface area (TPSA) is 54.4 Å². The quantitative estimate of drug-likeness (QED) is 0.695. The molecular formula is C21H21ClFN3O3. The van der Waals surface area contributed by atoms with Crippen molar-refractivity contribution in [3.05, 3.63) is 58.9 Å². The van der Waals surface area contributed by atoms with Gasteiger partial charge in [-0.1, -0.05) is 23.7 Å². The highest BCUT2D eigenvalue weighted by atomic mass is 35.5. The van der Waals surface area contributed by atoms with Gasteiger partial charge < -0.3 is 14.4 Å². The van der Waals surface area contributed by atoms with Crippen molar-refractivity contribution in [2.24, 2.45) is 4.99 Å². The van der Waals surface area contributed by atoms with E-state index in [2.05, 4.69) is 4.99 Å². The molecule has 2 aliphatic rings. The Kier molecular flexibility index (Phi) is 5.97. The van der Waals surface area contributed by atoms with Crippen LogP contribution in [0.3, 0.4) is 0 Å². The van der Waals surface area contributed by atoms with Gasteiger partial charge in [0.1, 0.15) is 11.9 Å². The molecule has 29 heavy (non-hydrogen) atoms. The molecule has 8 heteroatoms. The molecule has 0 radical (unpaired) electrons. The number of halogens is 2. The number of benzene rings is 2. The summed E-state index contributed by atoms with van der Waals surface area (Å²) in [6, 6.07) is 12.1. The number of rotatable bonds is 5. The van der Waals surface area contributed by atoms with Gasteiger partial charge in [0.15, 0.2) is 0 Å². The number of hydrogen-bond acceptors (Lipinski definition) is 5. The standard InChI is InChI=1S/C21H21ClFN3O3/c22-16-3-1-15(2-4-16)12-24-13-18-14-26(21(27)29-18)17-5-6-20(19(23)11-17)25-7-9-28-10-8-25/h1-6,11-12,18H,7-10,13-14H2. The van der Waals surface area contributed by atoms with Crippen LogP contribution in [-0.4, -0.2) is 57.8 Å². The van der Waals surface area contributed by atoms with Crippen LogP contribution in [0, 0.1) is 5.82 Å². The number of hydrogen-bond donors (Lipinski definition) is 0. The van der Waals surface area contributed by atoms with Crippen LogP contribution in [0.4, 0.5) is 20.6 Å². The second-order valence-electron chi connectivity index (χ2n) is 6.90. The van der Waals surface area contributed by atoms with Gasteiger partial charge in [-0.15, -0.1) is 0 Å².